The number of aromatic nitrogens is 4. The van der Waals surface area contributed by atoms with Gasteiger partial charge in [0.25, 0.3) is 0 Å². The number of hydrogen-bond acceptors (Lipinski definition) is 5. The van der Waals surface area contributed by atoms with Crippen molar-refractivity contribution in [3.8, 4) is 0 Å². The predicted molar refractivity (Wildman–Crippen MR) is 79.7 cm³/mol. The van der Waals surface area contributed by atoms with E-state index < -0.39 is 0 Å². The lowest BCUT2D eigenvalue weighted by atomic mass is 10.1. The smallest absolute Gasteiger partial charge is 0.178 e. The number of carbonyl (C=O) groups excluding carboxylic acids is 1. The highest BCUT2D eigenvalue weighted by Crippen LogP contribution is 2.48. The maximum absolute atomic E-state index is 12.5. The number of carbonyl (C=O) groups is 1. The molecule has 5 nitrogen and oxygen atoms in total. The number of nitrogens with zero attached hydrogens (tertiary/aromatic N) is 3. The summed E-state index contributed by atoms with van der Waals surface area (Å²) in [6, 6.07) is 5.63. The third kappa shape index (κ3) is 2.70. The summed E-state index contributed by atoms with van der Waals surface area (Å²) < 4.78 is 0. The molecular weight excluding hydrogens is 308 g/mol. The van der Waals surface area contributed by atoms with Gasteiger partial charge in [-0.15, -0.1) is 22.0 Å². The van der Waals surface area contributed by atoms with Gasteiger partial charge >= 0.3 is 0 Å². The molecule has 1 heterocycles. The van der Waals surface area contributed by atoms with Crippen LogP contribution in [0.4, 0.5) is 0 Å². The second-order valence-corrected chi connectivity index (χ2v) is 7.29. The van der Waals surface area contributed by atoms with Gasteiger partial charge in [-0.2, -0.15) is 5.21 Å². The van der Waals surface area contributed by atoms with Crippen molar-refractivity contribution >= 4 is 29.1 Å². The number of tetrazole rings is 1. The fourth-order valence-electron chi connectivity index (χ4n) is 2.43. The van der Waals surface area contributed by atoms with E-state index in [1.54, 1.807) is 17.8 Å². The summed E-state index contributed by atoms with van der Waals surface area (Å²) in [4.78, 5) is 13.5. The molecule has 0 bridgehead atoms. The van der Waals surface area contributed by atoms with Crippen molar-refractivity contribution in [2.24, 2.45) is 5.92 Å². The molecule has 2 atom stereocenters. The number of ketones is 1. The van der Waals surface area contributed by atoms with E-state index in [1.807, 2.05) is 12.1 Å². The Kier molecular flexibility index (Phi) is 3.23. The molecule has 4 rings (SSSR count). The number of benzene rings is 1. The van der Waals surface area contributed by atoms with Crippen molar-refractivity contribution in [2.45, 2.75) is 35.3 Å². The summed E-state index contributed by atoms with van der Waals surface area (Å²) in [7, 11) is 0. The summed E-state index contributed by atoms with van der Waals surface area (Å²) in [6.07, 6.45) is 3.31. The molecule has 0 aliphatic heterocycles. The predicted octanol–water partition coefficient (Wildman–Crippen LogP) is 3.09. The number of nitrogens with one attached hydrogen (secondary N) is 1. The zero-order valence-electron chi connectivity index (χ0n) is 11.1. The van der Waals surface area contributed by atoms with Gasteiger partial charge in [-0.25, -0.2) is 0 Å². The summed E-state index contributed by atoms with van der Waals surface area (Å²) in [5.74, 6) is 0.797. The van der Waals surface area contributed by atoms with Crippen molar-refractivity contribution < 1.29 is 4.79 Å². The third-order valence-electron chi connectivity index (χ3n) is 3.85. The maximum Gasteiger partial charge on any atom is 0.178 e. The molecule has 1 aromatic heterocycles. The van der Waals surface area contributed by atoms with E-state index in [4.69, 9.17) is 11.6 Å². The summed E-state index contributed by atoms with van der Waals surface area (Å²) in [5.41, 5.74) is 0.677. The molecule has 0 saturated heterocycles. The molecule has 1 aromatic carbocycles. The Morgan fingerprint density at radius 3 is 2.90 bits per heavy atom. The van der Waals surface area contributed by atoms with Gasteiger partial charge in [-0.05, 0) is 31.4 Å². The molecule has 7 heteroatoms. The van der Waals surface area contributed by atoms with E-state index >= 15 is 0 Å². The lowest BCUT2D eigenvalue weighted by Crippen LogP contribution is -2.04. The van der Waals surface area contributed by atoms with Crippen LogP contribution in [0.1, 0.15) is 41.4 Å². The minimum Gasteiger partial charge on any atom is -0.294 e. The highest BCUT2D eigenvalue weighted by atomic mass is 35.5. The molecule has 2 saturated carbocycles. The van der Waals surface area contributed by atoms with Crippen LogP contribution in [0.2, 0.25) is 5.02 Å². The Hall–Kier alpha value is -1.40. The van der Waals surface area contributed by atoms with Crippen molar-refractivity contribution in [1.82, 2.24) is 20.6 Å². The van der Waals surface area contributed by atoms with Crippen LogP contribution in [-0.4, -0.2) is 31.7 Å². The average molecular weight is 321 g/mol. The monoisotopic (exact) mass is 320 g/mol. The first-order valence-electron chi connectivity index (χ1n) is 6.96. The number of aromatic amines is 1. The van der Waals surface area contributed by atoms with E-state index in [1.165, 1.54) is 12.8 Å². The van der Waals surface area contributed by atoms with Gasteiger partial charge in [-0.1, -0.05) is 22.9 Å². The molecule has 0 amide bonds. The Morgan fingerprint density at radius 2 is 2.24 bits per heavy atom. The number of rotatable bonds is 5. The standard InChI is InChI=1S/C14H13ClN4OS/c15-11-5-7(1-4-12(11)21-8-2-3-8)13(20)9-6-10(9)14-16-18-19-17-14/h1,4-5,8-10H,2-3,6H2,(H,16,17,18,19). The summed E-state index contributed by atoms with van der Waals surface area (Å²) in [6.45, 7) is 0. The van der Waals surface area contributed by atoms with E-state index in [-0.39, 0.29) is 17.6 Å². The number of H-pyrrole nitrogens is 1. The minimum atomic E-state index is -0.0411. The van der Waals surface area contributed by atoms with E-state index in [9.17, 15) is 4.79 Å². The van der Waals surface area contributed by atoms with Gasteiger partial charge in [0.15, 0.2) is 11.6 Å². The van der Waals surface area contributed by atoms with Gasteiger partial charge < -0.3 is 0 Å². The maximum atomic E-state index is 12.5. The Morgan fingerprint density at radius 1 is 1.38 bits per heavy atom. The van der Waals surface area contributed by atoms with Crippen LogP contribution in [0, 0.1) is 5.92 Å². The molecule has 2 unspecified atom stereocenters. The molecule has 0 spiro atoms. The van der Waals surface area contributed by atoms with Crippen LogP contribution in [0.5, 0.6) is 0 Å². The first-order chi connectivity index (χ1) is 10.2. The topological polar surface area (TPSA) is 71.5 Å². The normalized spacial score (nSPS) is 24.0. The van der Waals surface area contributed by atoms with Crippen LogP contribution in [0.3, 0.4) is 0 Å². The Balaban J connectivity index is 1.48. The summed E-state index contributed by atoms with van der Waals surface area (Å²) >= 11 is 8.10. The van der Waals surface area contributed by atoms with Crippen LogP contribution in [-0.2, 0) is 0 Å². The fourth-order valence-corrected chi connectivity index (χ4v) is 3.79. The van der Waals surface area contributed by atoms with Crippen LogP contribution in [0.25, 0.3) is 0 Å². The minimum absolute atomic E-state index is 0.0411. The lowest BCUT2D eigenvalue weighted by Gasteiger charge is -2.05. The molecule has 0 radical (unpaired) electrons. The van der Waals surface area contributed by atoms with Crippen LogP contribution < -0.4 is 0 Å². The molecule has 2 aliphatic rings. The summed E-state index contributed by atoms with van der Waals surface area (Å²) in [5, 5.41) is 15.2. The highest BCUT2D eigenvalue weighted by molar-refractivity contribution is 8.00. The van der Waals surface area contributed by atoms with Gasteiger partial charge in [-0.3, -0.25) is 4.79 Å². The number of thioether (sulfide) groups is 1. The zero-order valence-corrected chi connectivity index (χ0v) is 12.7. The van der Waals surface area contributed by atoms with Crippen molar-refractivity contribution in [3.05, 3.63) is 34.6 Å². The van der Waals surface area contributed by atoms with Gasteiger partial charge in [0.2, 0.25) is 0 Å². The highest BCUT2D eigenvalue weighted by Gasteiger charge is 2.46. The first kappa shape index (κ1) is 13.3. The van der Waals surface area contributed by atoms with E-state index in [0.717, 1.165) is 11.3 Å². The van der Waals surface area contributed by atoms with Gasteiger partial charge in [0.05, 0.1) is 5.02 Å². The molecule has 2 aromatic rings. The molecular formula is C14H13ClN4OS. The molecule has 21 heavy (non-hydrogen) atoms. The number of halogens is 1. The second-order valence-electron chi connectivity index (χ2n) is 5.55. The molecule has 1 N–H and O–H groups in total. The van der Waals surface area contributed by atoms with Crippen molar-refractivity contribution in [2.75, 3.05) is 0 Å². The first-order valence-corrected chi connectivity index (χ1v) is 8.22. The molecule has 108 valence electrons. The van der Waals surface area contributed by atoms with E-state index in [0.29, 0.717) is 21.7 Å². The quantitative estimate of drug-likeness (QED) is 0.857. The van der Waals surface area contributed by atoms with Crippen LogP contribution in [0.15, 0.2) is 23.1 Å². The van der Waals surface area contributed by atoms with Crippen LogP contribution >= 0.6 is 23.4 Å². The SMILES string of the molecule is O=C(c1ccc(SC2CC2)c(Cl)c1)C1CC1c1nn[nH]n1. The lowest BCUT2D eigenvalue weighted by molar-refractivity contribution is 0.0965. The Bertz CT molecular complexity index is 686. The molecule has 2 aliphatic carbocycles. The van der Waals surface area contributed by atoms with E-state index in [2.05, 4.69) is 20.6 Å². The number of hydrogen-bond donors (Lipinski definition) is 1. The zero-order chi connectivity index (χ0) is 14.4. The molecule has 2 fully saturated rings. The van der Waals surface area contributed by atoms with Crippen molar-refractivity contribution in [1.29, 1.82) is 0 Å². The average Bonchev–Trinajstić information content (AvgIpc) is 3.41. The second kappa shape index (κ2) is 5.10. The van der Waals surface area contributed by atoms with Gasteiger partial charge in [0.1, 0.15) is 0 Å². The third-order valence-corrected chi connectivity index (χ3v) is 5.69. The largest absolute Gasteiger partial charge is 0.294 e. The Labute approximate surface area is 130 Å². The number of Topliss-reactive ketones (excluding diaryl/α,β-unsaturated/α-hetero) is 1. The van der Waals surface area contributed by atoms with Gasteiger partial charge in [0, 0.05) is 27.5 Å². The fraction of sp³-hybridized carbons (Fsp3) is 0.429. The van der Waals surface area contributed by atoms with Crippen molar-refractivity contribution in [3.63, 3.8) is 0 Å².